The van der Waals surface area contributed by atoms with Gasteiger partial charge >= 0.3 is 0 Å². The lowest BCUT2D eigenvalue weighted by Gasteiger charge is -2.15. The number of hydrogen-bond acceptors (Lipinski definition) is 6. The zero-order valence-electron chi connectivity index (χ0n) is 19.2. The molecular formula is C26H23N3O5S. The molecule has 2 N–H and O–H groups in total. The fourth-order valence-electron chi connectivity index (χ4n) is 3.66. The molecule has 3 amide bonds. The highest BCUT2D eigenvalue weighted by Gasteiger charge is 2.36. The van der Waals surface area contributed by atoms with Gasteiger partial charge in [-0.2, -0.15) is 0 Å². The predicted octanol–water partition coefficient (Wildman–Crippen LogP) is 4.41. The van der Waals surface area contributed by atoms with Gasteiger partial charge in [-0.25, -0.2) is 4.90 Å². The number of ether oxygens (including phenoxy) is 2. The molecule has 4 rings (SSSR count). The largest absolute Gasteiger partial charge is 0.494 e. The summed E-state index contributed by atoms with van der Waals surface area (Å²) >= 11 is 5.28. The first-order valence-corrected chi connectivity index (χ1v) is 11.4. The van der Waals surface area contributed by atoms with Crippen LogP contribution in [0.15, 0.2) is 66.7 Å². The molecule has 0 saturated carbocycles. The normalized spacial score (nSPS) is 12.2. The van der Waals surface area contributed by atoms with Crippen LogP contribution in [0.4, 0.5) is 11.4 Å². The molecule has 0 atom stereocenters. The van der Waals surface area contributed by atoms with Gasteiger partial charge in [0.2, 0.25) is 0 Å². The summed E-state index contributed by atoms with van der Waals surface area (Å²) in [5, 5.41) is 5.65. The Bertz CT molecular complexity index is 1250. The minimum absolute atomic E-state index is 0.0863. The van der Waals surface area contributed by atoms with E-state index in [0.717, 1.165) is 4.90 Å². The maximum atomic E-state index is 12.7. The third-order valence-electron chi connectivity index (χ3n) is 5.17. The van der Waals surface area contributed by atoms with E-state index >= 15 is 0 Å². The van der Waals surface area contributed by atoms with Crippen LogP contribution in [0.1, 0.15) is 44.9 Å². The van der Waals surface area contributed by atoms with Crippen LogP contribution in [0, 0.1) is 0 Å². The number of carbonyl (C=O) groups is 3. The zero-order valence-corrected chi connectivity index (χ0v) is 20.0. The summed E-state index contributed by atoms with van der Waals surface area (Å²) in [6, 6.07) is 18.3. The second kappa shape index (κ2) is 10.4. The number of fused-ring (bicyclic) bond motifs is 1. The number of anilines is 2. The van der Waals surface area contributed by atoms with Crippen LogP contribution in [-0.2, 0) is 0 Å². The summed E-state index contributed by atoms with van der Waals surface area (Å²) in [6.07, 6.45) is 0. The Kier molecular flexibility index (Phi) is 7.07. The summed E-state index contributed by atoms with van der Waals surface area (Å²) in [7, 11) is 0. The second-order valence-corrected chi connectivity index (χ2v) is 7.91. The first-order valence-electron chi connectivity index (χ1n) is 11.0. The van der Waals surface area contributed by atoms with Crippen molar-refractivity contribution in [3.63, 3.8) is 0 Å². The highest BCUT2D eigenvalue weighted by Crippen LogP contribution is 2.29. The molecule has 0 aliphatic carbocycles. The maximum Gasteiger partial charge on any atom is 0.266 e. The molecule has 0 saturated heterocycles. The summed E-state index contributed by atoms with van der Waals surface area (Å²) in [4.78, 5) is 39.2. The lowest BCUT2D eigenvalue weighted by Crippen LogP contribution is -2.34. The molecule has 0 radical (unpaired) electrons. The van der Waals surface area contributed by atoms with Gasteiger partial charge in [0.15, 0.2) is 5.11 Å². The van der Waals surface area contributed by atoms with Gasteiger partial charge in [0, 0.05) is 17.3 Å². The van der Waals surface area contributed by atoms with Crippen LogP contribution in [-0.4, -0.2) is 36.0 Å². The smallest absolute Gasteiger partial charge is 0.266 e. The molecule has 0 aromatic heterocycles. The number of carbonyl (C=O) groups excluding carboxylic acids is 3. The van der Waals surface area contributed by atoms with Crippen molar-refractivity contribution in [2.24, 2.45) is 0 Å². The molecule has 8 nitrogen and oxygen atoms in total. The number of benzene rings is 3. The molecule has 35 heavy (non-hydrogen) atoms. The van der Waals surface area contributed by atoms with E-state index in [1.54, 1.807) is 66.7 Å². The number of nitrogens with one attached hydrogen (secondary N) is 2. The van der Waals surface area contributed by atoms with Crippen molar-refractivity contribution in [1.82, 2.24) is 5.32 Å². The third-order valence-corrected chi connectivity index (χ3v) is 5.37. The molecule has 1 aliphatic heterocycles. The lowest BCUT2D eigenvalue weighted by atomic mass is 10.1. The van der Waals surface area contributed by atoms with Crippen LogP contribution in [0.3, 0.4) is 0 Å². The van der Waals surface area contributed by atoms with Gasteiger partial charge in [0.1, 0.15) is 11.5 Å². The number of amides is 3. The number of thiocarbonyl (C=S) groups is 1. The first-order chi connectivity index (χ1) is 16.9. The minimum atomic E-state index is -0.423. The highest BCUT2D eigenvalue weighted by atomic mass is 32.1. The van der Waals surface area contributed by atoms with E-state index in [0.29, 0.717) is 52.8 Å². The number of nitrogens with zero attached hydrogens (tertiary/aromatic N) is 1. The Morgan fingerprint density at radius 3 is 1.91 bits per heavy atom. The van der Waals surface area contributed by atoms with Crippen LogP contribution in [0.2, 0.25) is 0 Å². The Morgan fingerprint density at radius 1 is 0.857 bits per heavy atom. The van der Waals surface area contributed by atoms with Gasteiger partial charge < -0.3 is 14.8 Å². The van der Waals surface area contributed by atoms with Gasteiger partial charge in [-0.3, -0.25) is 19.7 Å². The molecule has 1 heterocycles. The Labute approximate surface area is 207 Å². The monoisotopic (exact) mass is 489 g/mol. The molecule has 3 aromatic carbocycles. The summed E-state index contributed by atoms with van der Waals surface area (Å²) in [6.45, 7) is 4.61. The van der Waals surface area contributed by atoms with E-state index in [-0.39, 0.29) is 16.9 Å². The average molecular weight is 490 g/mol. The maximum absolute atomic E-state index is 12.7. The van der Waals surface area contributed by atoms with Gasteiger partial charge in [0.05, 0.1) is 30.0 Å². The quantitative estimate of drug-likeness (QED) is 0.375. The fraction of sp³-hybridized carbons (Fsp3) is 0.154. The fourth-order valence-corrected chi connectivity index (χ4v) is 3.87. The van der Waals surface area contributed by atoms with Gasteiger partial charge in [-0.05, 0) is 74.6 Å². The van der Waals surface area contributed by atoms with Crippen molar-refractivity contribution in [2.75, 3.05) is 23.4 Å². The molecule has 178 valence electrons. The lowest BCUT2D eigenvalue weighted by molar-refractivity contribution is 0.0923. The summed E-state index contributed by atoms with van der Waals surface area (Å²) in [5.41, 5.74) is 2.11. The van der Waals surface area contributed by atoms with E-state index in [1.165, 1.54) is 0 Å². The molecule has 0 spiro atoms. The van der Waals surface area contributed by atoms with E-state index in [2.05, 4.69) is 10.6 Å². The van der Waals surface area contributed by atoms with E-state index in [9.17, 15) is 14.4 Å². The van der Waals surface area contributed by atoms with Crippen LogP contribution in [0.5, 0.6) is 11.5 Å². The zero-order chi connectivity index (χ0) is 24.9. The molecule has 9 heteroatoms. The van der Waals surface area contributed by atoms with Crippen molar-refractivity contribution in [2.45, 2.75) is 13.8 Å². The molecule has 1 aliphatic rings. The summed E-state index contributed by atoms with van der Waals surface area (Å²) in [5.74, 6) is -0.116. The highest BCUT2D eigenvalue weighted by molar-refractivity contribution is 7.80. The summed E-state index contributed by atoms with van der Waals surface area (Å²) < 4.78 is 11.0. The van der Waals surface area contributed by atoms with Gasteiger partial charge in [0.25, 0.3) is 17.7 Å². The number of rotatable bonds is 7. The van der Waals surface area contributed by atoms with E-state index in [4.69, 9.17) is 21.7 Å². The van der Waals surface area contributed by atoms with Crippen LogP contribution in [0.25, 0.3) is 0 Å². The second-order valence-electron chi connectivity index (χ2n) is 7.51. The van der Waals surface area contributed by atoms with E-state index in [1.807, 2.05) is 13.8 Å². The van der Waals surface area contributed by atoms with Crippen molar-refractivity contribution in [1.29, 1.82) is 0 Å². The Balaban J connectivity index is 1.42. The predicted molar refractivity (Wildman–Crippen MR) is 136 cm³/mol. The van der Waals surface area contributed by atoms with E-state index < -0.39 is 5.91 Å². The van der Waals surface area contributed by atoms with Crippen molar-refractivity contribution in [3.8, 4) is 11.5 Å². The number of imide groups is 1. The van der Waals surface area contributed by atoms with Crippen molar-refractivity contribution < 1.29 is 23.9 Å². The van der Waals surface area contributed by atoms with Crippen LogP contribution >= 0.6 is 12.2 Å². The van der Waals surface area contributed by atoms with Crippen LogP contribution < -0.4 is 25.0 Å². The van der Waals surface area contributed by atoms with Gasteiger partial charge in [-0.15, -0.1) is 0 Å². The first kappa shape index (κ1) is 23.9. The number of hydrogen-bond donors (Lipinski definition) is 2. The topological polar surface area (TPSA) is 97.0 Å². The standard InChI is InChI=1S/C26H23N3O5S/c1-3-33-19-13-16(14-20(15-19)34-4-2)23(30)28-26(35)27-17-9-11-18(12-10-17)29-24(31)21-7-5-6-8-22(21)25(29)32/h5-15H,3-4H2,1-2H3,(H2,27,28,30,35). The van der Waals surface area contributed by atoms with Crippen molar-refractivity contribution >= 4 is 46.4 Å². The van der Waals surface area contributed by atoms with Gasteiger partial charge in [-0.1, -0.05) is 12.1 Å². The van der Waals surface area contributed by atoms with Crippen molar-refractivity contribution in [3.05, 3.63) is 83.4 Å². The Morgan fingerprint density at radius 2 is 1.40 bits per heavy atom. The third kappa shape index (κ3) is 5.15. The molecule has 3 aromatic rings. The Hall–Kier alpha value is -4.24. The molecule has 0 unspecified atom stereocenters. The minimum Gasteiger partial charge on any atom is -0.494 e. The average Bonchev–Trinajstić information content (AvgIpc) is 3.10. The molecule has 0 bridgehead atoms. The molecular weight excluding hydrogens is 466 g/mol. The molecule has 0 fully saturated rings. The SMILES string of the molecule is CCOc1cc(OCC)cc(C(=O)NC(=S)Nc2ccc(N3C(=O)c4ccccc4C3=O)cc2)c1.